The molecule has 14 nitrogen and oxygen atoms in total. The summed E-state index contributed by atoms with van der Waals surface area (Å²) in [6.07, 6.45) is 5.51. The fourth-order valence-corrected chi connectivity index (χ4v) is 6.30. The minimum absolute atomic E-state index is 0.0916. The van der Waals surface area contributed by atoms with Crippen molar-refractivity contribution in [3.05, 3.63) is 42.0 Å². The van der Waals surface area contributed by atoms with Crippen LogP contribution < -0.4 is 21.7 Å². The third-order valence-corrected chi connectivity index (χ3v) is 9.62. The van der Waals surface area contributed by atoms with E-state index in [2.05, 4.69) is 36.7 Å². The lowest BCUT2D eigenvalue weighted by molar-refractivity contribution is -0.137. The van der Waals surface area contributed by atoms with E-state index in [1.165, 1.54) is 12.2 Å². The molecule has 2 aliphatic rings. The van der Waals surface area contributed by atoms with Crippen LogP contribution in [0, 0.1) is 23.2 Å². The van der Waals surface area contributed by atoms with Gasteiger partial charge in [-0.3, -0.25) is 28.9 Å². The molecule has 3 rings (SSSR count). The van der Waals surface area contributed by atoms with Gasteiger partial charge in [0, 0.05) is 62.8 Å². The van der Waals surface area contributed by atoms with E-state index in [9.17, 15) is 33.6 Å². The molecule has 0 bridgehead atoms. The fourth-order valence-electron chi connectivity index (χ4n) is 6.30. The molecule has 1 saturated heterocycles. The lowest BCUT2D eigenvalue weighted by Crippen LogP contribution is -2.45. The molecule has 0 spiro atoms. The largest absolute Gasteiger partial charge is 0.445 e. The average Bonchev–Trinajstić information content (AvgIpc) is 3.71. The van der Waals surface area contributed by atoms with Gasteiger partial charge in [-0.2, -0.15) is 0 Å². The highest BCUT2D eigenvalue weighted by atomic mass is 16.6. The summed E-state index contributed by atoms with van der Waals surface area (Å²) in [6, 6.07) is 5.43. The van der Waals surface area contributed by atoms with Gasteiger partial charge in [0.05, 0.1) is 6.04 Å². The summed E-state index contributed by atoms with van der Waals surface area (Å²) in [5.41, 5.74) is 6.56. The SMILES string of the molecule is CC(C)[C@H](NC(=O)CCCCCN1C(=O)C=CC1=O)C(=O)C[C@@H](CCCNC(N)=O)C(=O)Nc1ccc(COC(=O)N2CC[C@H](C(C)(C)C)C2)cc1. The maximum absolute atomic E-state index is 13.5. The van der Waals surface area contributed by atoms with Crippen LogP contribution in [-0.4, -0.2) is 83.6 Å². The van der Waals surface area contributed by atoms with Gasteiger partial charge in [-0.25, -0.2) is 9.59 Å². The summed E-state index contributed by atoms with van der Waals surface area (Å²) in [5.74, 6) is -2.19. The zero-order valence-corrected chi connectivity index (χ0v) is 31.2. The number of hydrogen-bond donors (Lipinski definition) is 4. The Balaban J connectivity index is 1.52. The Labute approximate surface area is 306 Å². The van der Waals surface area contributed by atoms with E-state index in [-0.39, 0.29) is 85.8 Å². The second-order valence-corrected chi connectivity index (χ2v) is 15.1. The number of ether oxygens (including phenoxy) is 1. The van der Waals surface area contributed by atoms with Gasteiger partial charge in [0.15, 0.2) is 5.78 Å². The molecule has 3 atom stereocenters. The van der Waals surface area contributed by atoms with Crippen LogP contribution in [0.3, 0.4) is 0 Å². The molecule has 0 aromatic heterocycles. The summed E-state index contributed by atoms with van der Waals surface area (Å²) in [4.78, 5) is 89.9. The van der Waals surface area contributed by atoms with Gasteiger partial charge in [0.2, 0.25) is 11.8 Å². The first kappa shape index (κ1) is 41.7. The van der Waals surface area contributed by atoms with Gasteiger partial charge in [0.1, 0.15) is 6.61 Å². The van der Waals surface area contributed by atoms with Crippen molar-refractivity contribution in [2.75, 3.05) is 31.5 Å². The Morgan fingerprint density at radius 2 is 1.63 bits per heavy atom. The Hall–Kier alpha value is -4.75. The Morgan fingerprint density at radius 1 is 0.962 bits per heavy atom. The molecule has 2 aliphatic heterocycles. The first-order chi connectivity index (χ1) is 24.5. The minimum Gasteiger partial charge on any atom is -0.445 e. The maximum Gasteiger partial charge on any atom is 0.410 e. The Morgan fingerprint density at radius 3 is 2.23 bits per heavy atom. The van der Waals surface area contributed by atoms with E-state index in [0.29, 0.717) is 50.4 Å². The van der Waals surface area contributed by atoms with Crippen LogP contribution in [0.25, 0.3) is 0 Å². The van der Waals surface area contributed by atoms with E-state index in [4.69, 9.17) is 10.5 Å². The monoisotopic (exact) mass is 724 g/mol. The van der Waals surface area contributed by atoms with Crippen molar-refractivity contribution < 1.29 is 38.3 Å². The van der Waals surface area contributed by atoms with Gasteiger partial charge in [-0.05, 0) is 67.1 Å². The van der Waals surface area contributed by atoms with Crippen molar-refractivity contribution in [2.24, 2.45) is 28.9 Å². The van der Waals surface area contributed by atoms with E-state index in [1.54, 1.807) is 29.2 Å². The number of nitrogens with one attached hydrogen (secondary N) is 3. The highest BCUT2D eigenvalue weighted by molar-refractivity contribution is 6.12. The predicted molar refractivity (Wildman–Crippen MR) is 195 cm³/mol. The number of hydrogen-bond acceptors (Lipinski definition) is 8. The average molecular weight is 725 g/mol. The van der Waals surface area contributed by atoms with Crippen LogP contribution >= 0.6 is 0 Å². The van der Waals surface area contributed by atoms with Crippen molar-refractivity contribution in [1.29, 1.82) is 0 Å². The molecule has 286 valence electrons. The summed E-state index contributed by atoms with van der Waals surface area (Å²) in [7, 11) is 0. The van der Waals surface area contributed by atoms with Crippen molar-refractivity contribution in [2.45, 2.75) is 98.6 Å². The van der Waals surface area contributed by atoms with Crippen LogP contribution in [-0.2, 0) is 35.3 Å². The fraction of sp³-hybridized carbons (Fsp3) is 0.605. The molecule has 14 heteroatoms. The van der Waals surface area contributed by atoms with E-state index in [1.807, 2.05) is 13.8 Å². The molecule has 5 N–H and O–H groups in total. The van der Waals surface area contributed by atoms with Crippen LogP contribution in [0.5, 0.6) is 0 Å². The number of carbonyl (C=O) groups is 7. The minimum atomic E-state index is -0.806. The number of amides is 7. The highest BCUT2D eigenvalue weighted by Crippen LogP contribution is 2.33. The van der Waals surface area contributed by atoms with Crippen molar-refractivity contribution in [3.8, 4) is 0 Å². The second-order valence-electron chi connectivity index (χ2n) is 15.1. The zero-order chi connectivity index (χ0) is 38.4. The first-order valence-electron chi connectivity index (χ1n) is 18.3. The zero-order valence-electron chi connectivity index (χ0n) is 31.2. The smallest absolute Gasteiger partial charge is 0.410 e. The number of ketones is 1. The molecule has 0 aliphatic carbocycles. The van der Waals surface area contributed by atoms with Gasteiger partial charge in [-0.15, -0.1) is 0 Å². The third kappa shape index (κ3) is 13.4. The number of nitrogens with zero attached hydrogens (tertiary/aromatic N) is 2. The number of rotatable bonds is 19. The van der Waals surface area contributed by atoms with Crippen molar-refractivity contribution in [1.82, 2.24) is 20.4 Å². The van der Waals surface area contributed by atoms with Gasteiger partial charge in [-0.1, -0.05) is 53.2 Å². The standard InChI is InChI=1S/C38H56N6O8/c1-25(2)34(42-31(46)11-7-6-8-20-44-32(47)16-17-33(44)48)30(45)22-27(10-9-19-40-36(39)50)35(49)41-29-14-12-26(13-15-29)24-52-37(51)43-21-18-28(23-43)38(3,4)5/h12-17,25,27-28,34H,6-11,18-24H2,1-5H3,(H,41,49)(H,42,46)(H3,39,40,50)/t27-,28+,34+/m1/s1. The molecule has 0 saturated carbocycles. The number of anilines is 1. The number of nitrogens with two attached hydrogens (primary N) is 1. The van der Waals surface area contributed by atoms with E-state index < -0.39 is 18.0 Å². The first-order valence-corrected chi connectivity index (χ1v) is 18.3. The summed E-state index contributed by atoms with van der Waals surface area (Å²) < 4.78 is 5.54. The molecule has 0 radical (unpaired) electrons. The van der Waals surface area contributed by atoms with Crippen molar-refractivity contribution in [3.63, 3.8) is 0 Å². The van der Waals surface area contributed by atoms with Gasteiger partial charge < -0.3 is 31.3 Å². The molecule has 7 amide bonds. The number of imide groups is 1. The summed E-state index contributed by atoms with van der Waals surface area (Å²) in [5, 5.41) is 8.20. The number of unbranched alkanes of at least 4 members (excludes halogenated alkanes) is 2. The number of urea groups is 1. The third-order valence-electron chi connectivity index (χ3n) is 9.62. The number of primary amides is 1. The quantitative estimate of drug-likeness (QED) is 0.120. The van der Waals surface area contributed by atoms with Crippen LogP contribution in [0.2, 0.25) is 0 Å². The summed E-state index contributed by atoms with van der Waals surface area (Å²) in [6.45, 7) is 12.1. The molecular formula is C38H56N6O8. The van der Waals surface area contributed by atoms with Gasteiger partial charge >= 0.3 is 12.1 Å². The van der Waals surface area contributed by atoms with Crippen molar-refractivity contribution >= 4 is 47.2 Å². The number of carbonyl (C=O) groups excluding carboxylic acids is 7. The lowest BCUT2D eigenvalue weighted by Gasteiger charge is -2.26. The molecule has 0 unspecified atom stereocenters. The molecular weight excluding hydrogens is 668 g/mol. The highest BCUT2D eigenvalue weighted by Gasteiger charge is 2.34. The topological polar surface area (TPSA) is 197 Å². The molecule has 2 heterocycles. The van der Waals surface area contributed by atoms with E-state index in [0.717, 1.165) is 16.9 Å². The second kappa shape index (κ2) is 19.7. The normalized spacial score (nSPS) is 16.9. The number of benzene rings is 1. The van der Waals surface area contributed by atoms with Crippen LogP contribution in [0.1, 0.15) is 91.5 Å². The summed E-state index contributed by atoms with van der Waals surface area (Å²) >= 11 is 0. The number of Topliss-reactive ketones (excluding diaryl/α,β-unsaturated/α-hetero) is 1. The number of likely N-dealkylation sites (tertiary alicyclic amines) is 1. The molecule has 1 aromatic carbocycles. The van der Waals surface area contributed by atoms with Crippen LogP contribution in [0.15, 0.2) is 36.4 Å². The molecule has 52 heavy (non-hydrogen) atoms. The predicted octanol–water partition coefficient (Wildman–Crippen LogP) is 4.28. The molecule has 1 aromatic rings. The molecule has 1 fully saturated rings. The maximum atomic E-state index is 13.5. The Kier molecular flexibility index (Phi) is 15.8. The van der Waals surface area contributed by atoms with Gasteiger partial charge in [0.25, 0.3) is 11.8 Å². The van der Waals surface area contributed by atoms with Crippen LogP contribution in [0.4, 0.5) is 15.3 Å². The lowest BCUT2D eigenvalue weighted by atomic mass is 9.80. The van der Waals surface area contributed by atoms with E-state index >= 15 is 0 Å². The Bertz CT molecular complexity index is 1450.